The Kier molecular flexibility index (Phi) is 4.45. The number of anilines is 2. The number of nitrogens with zero attached hydrogens (tertiary/aromatic N) is 5. The largest absolute Gasteiger partial charge is 0.351 e. The van der Waals surface area contributed by atoms with Gasteiger partial charge in [-0.05, 0) is 31.7 Å². The quantitative estimate of drug-likeness (QED) is 0.618. The lowest BCUT2D eigenvalue weighted by molar-refractivity contribution is 0.0929. The summed E-state index contributed by atoms with van der Waals surface area (Å²) in [6.45, 7) is 1.32. The van der Waals surface area contributed by atoms with Crippen molar-refractivity contribution in [1.29, 1.82) is 0 Å². The molecule has 4 heterocycles. The molecule has 3 aromatic heterocycles. The molecular weight excluding hydrogens is 375 g/mol. The maximum absolute atomic E-state index is 12.9. The van der Waals surface area contributed by atoms with Gasteiger partial charge in [-0.25, -0.2) is 19.3 Å². The number of carbonyl (C=O) groups is 1. The predicted octanol–water partition coefficient (Wildman–Crippen LogP) is 1.94. The van der Waals surface area contributed by atoms with E-state index in [0.717, 1.165) is 36.7 Å². The molecular formula is C19H21FN8O. The zero-order chi connectivity index (χ0) is 19.8. The zero-order valence-corrected chi connectivity index (χ0v) is 15.7. The molecule has 0 unspecified atom stereocenters. The van der Waals surface area contributed by atoms with Crippen LogP contribution < -0.4 is 16.0 Å². The number of fused-ring (bicyclic) bond motifs is 3. The summed E-state index contributed by atoms with van der Waals surface area (Å²) in [4.78, 5) is 29.0. The molecule has 0 radical (unpaired) electrons. The Bertz CT molecular complexity index is 1040. The minimum atomic E-state index is -0.440. The van der Waals surface area contributed by atoms with Crippen molar-refractivity contribution >= 4 is 28.8 Å². The second-order valence-electron chi connectivity index (χ2n) is 7.47. The van der Waals surface area contributed by atoms with Crippen LogP contribution in [-0.4, -0.2) is 49.0 Å². The van der Waals surface area contributed by atoms with E-state index in [2.05, 4.69) is 35.9 Å². The van der Waals surface area contributed by atoms with Crippen LogP contribution in [0.3, 0.4) is 0 Å². The Hall–Kier alpha value is -3.30. The highest BCUT2D eigenvalue weighted by Crippen LogP contribution is 2.25. The van der Waals surface area contributed by atoms with E-state index in [1.807, 2.05) is 10.6 Å². The van der Waals surface area contributed by atoms with Crippen LogP contribution in [0, 0.1) is 5.82 Å². The van der Waals surface area contributed by atoms with E-state index in [0.29, 0.717) is 30.7 Å². The van der Waals surface area contributed by atoms with Crippen molar-refractivity contribution in [3.63, 3.8) is 0 Å². The molecule has 1 aliphatic carbocycles. The summed E-state index contributed by atoms with van der Waals surface area (Å²) in [5.41, 5.74) is 1.42. The van der Waals surface area contributed by atoms with Gasteiger partial charge in [0.25, 0.3) is 5.91 Å². The molecule has 3 N–H and O–H groups in total. The topological polar surface area (TPSA) is 110 Å². The summed E-state index contributed by atoms with van der Waals surface area (Å²) in [5, 5.41) is 10.4. The molecule has 0 bridgehead atoms. The van der Waals surface area contributed by atoms with Gasteiger partial charge in [0.15, 0.2) is 5.82 Å². The molecule has 2 aliphatic rings. The molecule has 1 saturated carbocycles. The average molecular weight is 396 g/mol. The molecule has 0 aromatic carbocycles. The minimum absolute atomic E-state index is 0.0697. The second kappa shape index (κ2) is 7.26. The molecule has 1 aliphatic heterocycles. The number of hydrogen-bond acceptors (Lipinski definition) is 7. The molecule has 9 nitrogen and oxygen atoms in total. The van der Waals surface area contributed by atoms with Crippen LogP contribution >= 0.6 is 0 Å². The molecule has 10 heteroatoms. The predicted molar refractivity (Wildman–Crippen MR) is 105 cm³/mol. The van der Waals surface area contributed by atoms with Crippen molar-refractivity contribution < 1.29 is 9.18 Å². The standard InChI is InChI=1S/C19H21FN8O/c20-12-9-23-18(24-10-12)25-13-1-3-14(4-2-13)26-19-22-8-11-7-15-17(29)21-5-6-28(15)16(11)27-19/h7-10,13-14H,1-6H2,(H,21,29)(H,22,26,27)(H,23,24,25). The molecule has 150 valence electrons. The van der Waals surface area contributed by atoms with Gasteiger partial charge in [0, 0.05) is 36.8 Å². The summed E-state index contributed by atoms with van der Waals surface area (Å²) in [5.74, 6) is 0.534. The van der Waals surface area contributed by atoms with Gasteiger partial charge in [0.2, 0.25) is 11.9 Å². The van der Waals surface area contributed by atoms with Gasteiger partial charge >= 0.3 is 0 Å². The van der Waals surface area contributed by atoms with Crippen molar-refractivity contribution in [2.75, 3.05) is 17.2 Å². The van der Waals surface area contributed by atoms with E-state index >= 15 is 0 Å². The maximum Gasteiger partial charge on any atom is 0.268 e. The van der Waals surface area contributed by atoms with Crippen LogP contribution in [0.4, 0.5) is 16.3 Å². The third kappa shape index (κ3) is 3.57. The second-order valence-corrected chi connectivity index (χ2v) is 7.47. The Morgan fingerprint density at radius 1 is 1.00 bits per heavy atom. The van der Waals surface area contributed by atoms with Crippen molar-refractivity contribution in [2.24, 2.45) is 0 Å². The van der Waals surface area contributed by atoms with Crippen LogP contribution in [0.5, 0.6) is 0 Å². The summed E-state index contributed by atoms with van der Waals surface area (Å²) in [6.07, 6.45) is 7.90. The fourth-order valence-electron chi connectivity index (χ4n) is 4.03. The van der Waals surface area contributed by atoms with Crippen molar-refractivity contribution in [3.05, 3.63) is 36.2 Å². The number of aromatic nitrogens is 5. The van der Waals surface area contributed by atoms with Gasteiger partial charge in [-0.1, -0.05) is 0 Å². The third-order valence-corrected chi connectivity index (χ3v) is 5.50. The van der Waals surface area contributed by atoms with E-state index < -0.39 is 5.82 Å². The van der Waals surface area contributed by atoms with Crippen LogP contribution in [-0.2, 0) is 6.54 Å². The summed E-state index contributed by atoms with van der Waals surface area (Å²) in [6, 6.07) is 2.37. The number of rotatable bonds is 4. The molecule has 5 rings (SSSR count). The Morgan fingerprint density at radius 2 is 1.66 bits per heavy atom. The lowest BCUT2D eigenvalue weighted by Crippen LogP contribution is -2.35. The summed E-state index contributed by atoms with van der Waals surface area (Å²) < 4.78 is 14.9. The molecule has 0 spiro atoms. The molecule has 0 saturated heterocycles. The summed E-state index contributed by atoms with van der Waals surface area (Å²) in [7, 11) is 0. The fraction of sp³-hybridized carbons (Fsp3) is 0.421. The smallest absolute Gasteiger partial charge is 0.268 e. The Morgan fingerprint density at radius 3 is 2.38 bits per heavy atom. The van der Waals surface area contributed by atoms with Crippen molar-refractivity contribution in [2.45, 2.75) is 44.3 Å². The van der Waals surface area contributed by atoms with E-state index in [-0.39, 0.29) is 18.0 Å². The number of carbonyl (C=O) groups excluding carboxylic acids is 1. The van der Waals surface area contributed by atoms with Gasteiger partial charge in [0.05, 0.1) is 12.4 Å². The molecule has 29 heavy (non-hydrogen) atoms. The average Bonchev–Trinajstić information content (AvgIpc) is 3.11. The first-order chi connectivity index (χ1) is 14.2. The Labute approximate surface area is 166 Å². The van der Waals surface area contributed by atoms with Gasteiger partial charge in [-0.2, -0.15) is 4.98 Å². The fourth-order valence-corrected chi connectivity index (χ4v) is 4.03. The van der Waals surface area contributed by atoms with Crippen molar-refractivity contribution in [3.8, 4) is 0 Å². The number of hydrogen-bond donors (Lipinski definition) is 3. The molecule has 1 amide bonds. The normalized spacial score (nSPS) is 21.5. The van der Waals surface area contributed by atoms with E-state index in [1.54, 1.807) is 6.20 Å². The molecule has 1 fully saturated rings. The maximum atomic E-state index is 12.9. The van der Waals surface area contributed by atoms with E-state index in [9.17, 15) is 9.18 Å². The Balaban J connectivity index is 1.23. The number of amides is 1. The lowest BCUT2D eigenvalue weighted by atomic mass is 9.91. The highest BCUT2D eigenvalue weighted by molar-refractivity contribution is 5.98. The van der Waals surface area contributed by atoms with E-state index in [4.69, 9.17) is 0 Å². The van der Waals surface area contributed by atoms with Gasteiger partial charge in [0.1, 0.15) is 11.3 Å². The molecule has 3 aromatic rings. The number of nitrogens with one attached hydrogen (secondary N) is 3. The van der Waals surface area contributed by atoms with Crippen molar-refractivity contribution in [1.82, 2.24) is 29.8 Å². The lowest BCUT2D eigenvalue weighted by Gasteiger charge is -2.29. The van der Waals surface area contributed by atoms with Gasteiger partial charge in [-0.3, -0.25) is 4.79 Å². The zero-order valence-electron chi connectivity index (χ0n) is 15.7. The van der Waals surface area contributed by atoms with Crippen LogP contribution in [0.25, 0.3) is 11.0 Å². The SMILES string of the molecule is O=C1NCCn2c1cc1cnc(NC3CCC(Nc4ncc(F)cn4)CC3)nc12. The van der Waals surface area contributed by atoms with Gasteiger partial charge in [-0.15, -0.1) is 0 Å². The molecule has 0 atom stereocenters. The first-order valence-electron chi connectivity index (χ1n) is 9.81. The van der Waals surface area contributed by atoms with Crippen LogP contribution in [0.15, 0.2) is 24.7 Å². The minimum Gasteiger partial charge on any atom is -0.351 e. The monoisotopic (exact) mass is 396 g/mol. The van der Waals surface area contributed by atoms with E-state index in [1.165, 1.54) is 12.4 Å². The highest BCUT2D eigenvalue weighted by Gasteiger charge is 2.24. The van der Waals surface area contributed by atoms with Crippen LogP contribution in [0.2, 0.25) is 0 Å². The van der Waals surface area contributed by atoms with Crippen LogP contribution in [0.1, 0.15) is 36.2 Å². The first kappa shape index (κ1) is 17.8. The third-order valence-electron chi connectivity index (χ3n) is 5.50. The van der Waals surface area contributed by atoms with Gasteiger partial charge < -0.3 is 20.5 Å². The number of halogens is 1. The highest BCUT2D eigenvalue weighted by atomic mass is 19.1. The summed E-state index contributed by atoms with van der Waals surface area (Å²) >= 11 is 0. The first-order valence-corrected chi connectivity index (χ1v) is 9.81.